The summed E-state index contributed by atoms with van der Waals surface area (Å²) in [6, 6.07) is 9.92. The van der Waals surface area contributed by atoms with Gasteiger partial charge in [0, 0.05) is 5.38 Å². The highest BCUT2D eigenvalue weighted by Crippen LogP contribution is 2.15. The highest BCUT2D eigenvalue weighted by molar-refractivity contribution is 7.08. The van der Waals surface area contributed by atoms with E-state index < -0.39 is 12.0 Å². The van der Waals surface area contributed by atoms with Crippen LogP contribution >= 0.6 is 11.3 Å². The van der Waals surface area contributed by atoms with Crippen molar-refractivity contribution in [1.82, 2.24) is 5.32 Å². The zero-order chi connectivity index (χ0) is 13.7. The van der Waals surface area contributed by atoms with Crippen LogP contribution in [0.2, 0.25) is 0 Å². The Morgan fingerprint density at radius 1 is 1.21 bits per heavy atom. The number of hydrogen-bond acceptors (Lipinski definition) is 4. The van der Waals surface area contributed by atoms with Crippen LogP contribution in [0.25, 0.3) is 0 Å². The van der Waals surface area contributed by atoms with E-state index in [-0.39, 0.29) is 5.91 Å². The smallest absolute Gasteiger partial charge is 0.333 e. The van der Waals surface area contributed by atoms with Gasteiger partial charge < -0.3 is 10.1 Å². The summed E-state index contributed by atoms with van der Waals surface area (Å²) in [4.78, 5) is 23.8. The molecule has 1 amide bonds. The molecular formula is C14H13NO3S. The van der Waals surface area contributed by atoms with Crippen LogP contribution in [0.5, 0.6) is 0 Å². The van der Waals surface area contributed by atoms with Crippen molar-refractivity contribution >= 4 is 23.2 Å². The molecule has 1 aromatic carbocycles. The zero-order valence-electron chi connectivity index (χ0n) is 10.3. The summed E-state index contributed by atoms with van der Waals surface area (Å²) in [6.07, 6.45) is 0. The van der Waals surface area contributed by atoms with Gasteiger partial charge in [-0.2, -0.15) is 11.3 Å². The molecule has 4 nitrogen and oxygen atoms in total. The molecule has 0 saturated carbocycles. The number of esters is 1. The molecule has 0 unspecified atom stereocenters. The molecule has 0 radical (unpaired) electrons. The second kappa shape index (κ2) is 6.15. The Bertz CT molecular complexity index is 551. The van der Waals surface area contributed by atoms with Gasteiger partial charge in [-0.15, -0.1) is 0 Å². The van der Waals surface area contributed by atoms with Crippen LogP contribution in [0, 0.1) is 0 Å². The summed E-state index contributed by atoms with van der Waals surface area (Å²) in [6.45, 7) is 0. The molecule has 98 valence electrons. The van der Waals surface area contributed by atoms with Crippen molar-refractivity contribution in [2.75, 3.05) is 7.11 Å². The first kappa shape index (κ1) is 13.3. The molecule has 1 aromatic heterocycles. The van der Waals surface area contributed by atoms with Gasteiger partial charge in [-0.3, -0.25) is 4.79 Å². The van der Waals surface area contributed by atoms with Gasteiger partial charge in [-0.25, -0.2) is 4.79 Å². The Morgan fingerprint density at radius 3 is 2.53 bits per heavy atom. The Morgan fingerprint density at radius 2 is 1.95 bits per heavy atom. The molecule has 1 heterocycles. The second-order valence-corrected chi connectivity index (χ2v) is 4.63. The second-order valence-electron chi connectivity index (χ2n) is 3.85. The van der Waals surface area contributed by atoms with Gasteiger partial charge in [-0.05, 0) is 17.0 Å². The van der Waals surface area contributed by atoms with Gasteiger partial charge >= 0.3 is 5.97 Å². The first-order chi connectivity index (χ1) is 9.22. The number of thiophene rings is 1. The number of rotatable bonds is 4. The summed E-state index contributed by atoms with van der Waals surface area (Å²) in [5, 5.41) is 6.22. The molecule has 19 heavy (non-hydrogen) atoms. The molecule has 2 aromatic rings. The summed E-state index contributed by atoms with van der Waals surface area (Å²) in [5.41, 5.74) is 1.23. The van der Waals surface area contributed by atoms with E-state index in [4.69, 9.17) is 4.74 Å². The van der Waals surface area contributed by atoms with Crippen LogP contribution in [0.3, 0.4) is 0 Å². The van der Waals surface area contributed by atoms with Crippen LogP contribution in [0.15, 0.2) is 47.2 Å². The minimum atomic E-state index is -0.793. The highest BCUT2D eigenvalue weighted by Gasteiger charge is 2.23. The maximum absolute atomic E-state index is 12.0. The normalized spacial score (nSPS) is 11.6. The van der Waals surface area contributed by atoms with E-state index in [1.807, 2.05) is 23.6 Å². The lowest BCUT2D eigenvalue weighted by Gasteiger charge is -2.16. The molecule has 0 aliphatic heterocycles. The van der Waals surface area contributed by atoms with Crippen molar-refractivity contribution in [2.24, 2.45) is 0 Å². The van der Waals surface area contributed by atoms with Gasteiger partial charge in [0.1, 0.15) is 0 Å². The van der Waals surface area contributed by atoms with Gasteiger partial charge in [0.05, 0.1) is 12.7 Å². The van der Waals surface area contributed by atoms with Crippen LogP contribution < -0.4 is 5.32 Å². The van der Waals surface area contributed by atoms with Crippen molar-refractivity contribution in [3.05, 3.63) is 58.3 Å². The zero-order valence-corrected chi connectivity index (χ0v) is 11.1. The number of amides is 1. The summed E-state index contributed by atoms with van der Waals surface area (Å²) < 4.78 is 4.73. The maximum Gasteiger partial charge on any atom is 0.333 e. The van der Waals surface area contributed by atoms with E-state index in [1.165, 1.54) is 18.4 Å². The fourth-order valence-electron chi connectivity index (χ4n) is 1.65. The fraction of sp³-hybridized carbons (Fsp3) is 0.143. The van der Waals surface area contributed by atoms with Crippen molar-refractivity contribution in [3.63, 3.8) is 0 Å². The van der Waals surface area contributed by atoms with E-state index in [0.29, 0.717) is 11.1 Å². The predicted octanol–water partition coefficient (Wildman–Crippen LogP) is 2.39. The third-order valence-corrected chi connectivity index (χ3v) is 3.31. The van der Waals surface area contributed by atoms with E-state index in [1.54, 1.807) is 23.6 Å². The third kappa shape index (κ3) is 3.20. The monoisotopic (exact) mass is 275 g/mol. The standard InChI is InChI=1S/C14H13NO3S/c1-18-14(17)12(10-5-3-2-4-6-10)15-13(16)11-7-8-19-9-11/h2-9,12H,1H3,(H,15,16)/t12-/m0/s1. The van der Waals surface area contributed by atoms with Crippen LogP contribution in [0.1, 0.15) is 22.0 Å². The highest BCUT2D eigenvalue weighted by atomic mass is 32.1. The van der Waals surface area contributed by atoms with Gasteiger partial charge in [0.2, 0.25) is 0 Å². The number of carbonyl (C=O) groups excluding carboxylic acids is 2. The predicted molar refractivity (Wildman–Crippen MR) is 73.0 cm³/mol. The van der Waals surface area contributed by atoms with E-state index in [0.717, 1.165) is 0 Å². The third-order valence-electron chi connectivity index (χ3n) is 2.63. The summed E-state index contributed by atoms with van der Waals surface area (Å²) in [5.74, 6) is -0.782. The Balaban J connectivity index is 2.20. The first-order valence-electron chi connectivity index (χ1n) is 5.68. The first-order valence-corrected chi connectivity index (χ1v) is 6.62. The van der Waals surface area contributed by atoms with Crippen molar-refractivity contribution < 1.29 is 14.3 Å². The number of methoxy groups -OCH3 is 1. The molecular weight excluding hydrogens is 262 g/mol. The molecule has 0 saturated heterocycles. The summed E-state index contributed by atoms with van der Waals surface area (Å²) >= 11 is 1.43. The Labute approximate surface area is 115 Å². The van der Waals surface area contributed by atoms with Crippen LogP contribution in [0.4, 0.5) is 0 Å². The van der Waals surface area contributed by atoms with Gasteiger partial charge in [0.25, 0.3) is 5.91 Å². The quantitative estimate of drug-likeness (QED) is 0.872. The minimum Gasteiger partial charge on any atom is -0.467 e. The largest absolute Gasteiger partial charge is 0.467 e. The molecule has 0 fully saturated rings. The molecule has 5 heteroatoms. The van der Waals surface area contributed by atoms with Crippen LogP contribution in [-0.4, -0.2) is 19.0 Å². The van der Waals surface area contributed by atoms with E-state index in [2.05, 4.69) is 5.32 Å². The maximum atomic E-state index is 12.0. The minimum absolute atomic E-state index is 0.291. The topological polar surface area (TPSA) is 55.4 Å². The van der Waals surface area contributed by atoms with Crippen LogP contribution in [-0.2, 0) is 9.53 Å². The number of carbonyl (C=O) groups is 2. The van der Waals surface area contributed by atoms with E-state index in [9.17, 15) is 9.59 Å². The molecule has 1 atom stereocenters. The number of ether oxygens (including phenoxy) is 1. The summed E-state index contributed by atoms with van der Waals surface area (Å²) in [7, 11) is 1.30. The SMILES string of the molecule is COC(=O)[C@@H](NC(=O)c1ccsc1)c1ccccc1. The fourth-order valence-corrected chi connectivity index (χ4v) is 2.29. The molecule has 0 bridgehead atoms. The Kier molecular flexibility index (Phi) is 4.30. The van der Waals surface area contributed by atoms with Crippen molar-refractivity contribution in [2.45, 2.75) is 6.04 Å². The molecule has 2 rings (SSSR count). The molecule has 0 aliphatic rings. The number of hydrogen-bond donors (Lipinski definition) is 1. The number of nitrogens with one attached hydrogen (secondary N) is 1. The molecule has 0 spiro atoms. The average Bonchev–Trinajstić information content (AvgIpc) is 2.99. The lowest BCUT2D eigenvalue weighted by atomic mass is 10.1. The number of benzene rings is 1. The lowest BCUT2D eigenvalue weighted by Crippen LogP contribution is -2.34. The van der Waals surface area contributed by atoms with E-state index >= 15 is 0 Å². The van der Waals surface area contributed by atoms with Crippen molar-refractivity contribution in [3.8, 4) is 0 Å². The van der Waals surface area contributed by atoms with Gasteiger partial charge in [0.15, 0.2) is 6.04 Å². The molecule has 0 aliphatic carbocycles. The Hall–Kier alpha value is -2.14. The average molecular weight is 275 g/mol. The molecule has 1 N–H and O–H groups in total. The van der Waals surface area contributed by atoms with Crippen molar-refractivity contribution in [1.29, 1.82) is 0 Å². The van der Waals surface area contributed by atoms with Gasteiger partial charge in [-0.1, -0.05) is 30.3 Å². The lowest BCUT2D eigenvalue weighted by molar-refractivity contribution is -0.143.